The van der Waals surface area contributed by atoms with E-state index in [0.717, 1.165) is 11.4 Å². The largest absolute Gasteiger partial charge is 0.395 e. The lowest BCUT2D eigenvalue weighted by molar-refractivity contribution is 0.0957. The van der Waals surface area contributed by atoms with Crippen LogP contribution in [0, 0.1) is 0 Å². The molecule has 0 saturated carbocycles. The van der Waals surface area contributed by atoms with Crippen LogP contribution in [-0.4, -0.2) is 35.1 Å². The molecule has 0 bridgehead atoms. The molecule has 1 rings (SSSR count). The molecule has 17 heavy (non-hydrogen) atoms. The van der Waals surface area contributed by atoms with E-state index in [0.29, 0.717) is 17.5 Å². The number of carbonyl (C=O) groups excluding carboxylic acids is 1. The van der Waals surface area contributed by atoms with Gasteiger partial charge in [-0.1, -0.05) is 0 Å². The molecule has 1 aromatic rings. The summed E-state index contributed by atoms with van der Waals surface area (Å²) in [5.41, 5.74) is 2.11. The highest BCUT2D eigenvalue weighted by Gasteiger charge is 2.12. The third-order valence-electron chi connectivity index (χ3n) is 2.49. The Bertz CT molecular complexity index is 365. The molecule has 0 radical (unpaired) electrons. The van der Waals surface area contributed by atoms with E-state index in [1.807, 2.05) is 6.07 Å². The number of amides is 1. The summed E-state index contributed by atoms with van der Waals surface area (Å²) in [6, 6.07) is 4.04. The SMILES string of the molecule is CC(C)N(CCO)Cc1ccc(C(=O)NN)s1. The van der Waals surface area contributed by atoms with E-state index in [2.05, 4.69) is 24.2 Å². The lowest BCUT2D eigenvalue weighted by Gasteiger charge is -2.24. The molecule has 0 spiro atoms. The summed E-state index contributed by atoms with van der Waals surface area (Å²) in [7, 11) is 0. The highest BCUT2D eigenvalue weighted by atomic mass is 32.1. The van der Waals surface area contributed by atoms with Crippen molar-refractivity contribution in [2.45, 2.75) is 26.4 Å². The number of carbonyl (C=O) groups is 1. The summed E-state index contributed by atoms with van der Waals surface area (Å²) >= 11 is 1.42. The Morgan fingerprint density at radius 3 is 2.82 bits per heavy atom. The summed E-state index contributed by atoms with van der Waals surface area (Å²) in [5, 5.41) is 8.98. The molecule has 0 aliphatic rings. The van der Waals surface area contributed by atoms with Crippen molar-refractivity contribution in [3.63, 3.8) is 0 Å². The van der Waals surface area contributed by atoms with E-state index in [9.17, 15) is 4.79 Å². The van der Waals surface area contributed by atoms with Crippen LogP contribution >= 0.6 is 11.3 Å². The fraction of sp³-hybridized carbons (Fsp3) is 0.545. The number of aliphatic hydroxyl groups is 1. The molecule has 0 aliphatic carbocycles. The molecule has 1 heterocycles. The van der Waals surface area contributed by atoms with E-state index in [1.54, 1.807) is 6.07 Å². The maximum Gasteiger partial charge on any atom is 0.275 e. The summed E-state index contributed by atoms with van der Waals surface area (Å²) in [6.07, 6.45) is 0. The zero-order valence-corrected chi connectivity index (χ0v) is 11.0. The van der Waals surface area contributed by atoms with Crippen molar-refractivity contribution in [1.82, 2.24) is 10.3 Å². The first-order chi connectivity index (χ1) is 8.08. The number of rotatable bonds is 6. The predicted molar refractivity (Wildman–Crippen MR) is 68.6 cm³/mol. The molecular weight excluding hydrogens is 238 g/mol. The van der Waals surface area contributed by atoms with Gasteiger partial charge in [0.1, 0.15) is 0 Å². The molecule has 5 nitrogen and oxygen atoms in total. The van der Waals surface area contributed by atoms with Gasteiger partial charge in [0.05, 0.1) is 11.5 Å². The normalized spacial score (nSPS) is 11.2. The van der Waals surface area contributed by atoms with Crippen LogP contribution in [0.4, 0.5) is 0 Å². The molecule has 1 amide bonds. The van der Waals surface area contributed by atoms with Crippen molar-refractivity contribution < 1.29 is 9.90 Å². The van der Waals surface area contributed by atoms with Crippen LogP contribution in [0.25, 0.3) is 0 Å². The first-order valence-corrected chi connectivity index (χ1v) is 6.34. The molecule has 0 aromatic carbocycles. The van der Waals surface area contributed by atoms with Crippen molar-refractivity contribution in [3.05, 3.63) is 21.9 Å². The van der Waals surface area contributed by atoms with Crippen LogP contribution in [0.1, 0.15) is 28.4 Å². The van der Waals surface area contributed by atoms with Crippen LogP contribution in [0.3, 0.4) is 0 Å². The van der Waals surface area contributed by atoms with Crippen LogP contribution in [0.5, 0.6) is 0 Å². The second-order valence-electron chi connectivity index (χ2n) is 4.03. The topological polar surface area (TPSA) is 78.6 Å². The van der Waals surface area contributed by atoms with Crippen molar-refractivity contribution >= 4 is 17.2 Å². The van der Waals surface area contributed by atoms with E-state index in [4.69, 9.17) is 10.9 Å². The molecule has 0 unspecified atom stereocenters. The molecule has 0 aliphatic heterocycles. The Hall–Kier alpha value is -0.950. The molecule has 4 N–H and O–H groups in total. The number of nitrogens with one attached hydrogen (secondary N) is 1. The zero-order chi connectivity index (χ0) is 12.8. The Morgan fingerprint density at radius 2 is 2.29 bits per heavy atom. The first kappa shape index (κ1) is 14.1. The second kappa shape index (κ2) is 6.70. The smallest absolute Gasteiger partial charge is 0.275 e. The maximum absolute atomic E-state index is 11.3. The number of hydrogen-bond acceptors (Lipinski definition) is 5. The summed E-state index contributed by atoms with van der Waals surface area (Å²) in [4.78, 5) is 15.1. The van der Waals surface area contributed by atoms with Crippen LogP contribution in [-0.2, 0) is 6.54 Å². The molecule has 0 atom stereocenters. The maximum atomic E-state index is 11.3. The average molecular weight is 257 g/mol. The fourth-order valence-electron chi connectivity index (χ4n) is 1.50. The first-order valence-electron chi connectivity index (χ1n) is 5.53. The van der Waals surface area contributed by atoms with Gasteiger partial charge in [-0.2, -0.15) is 0 Å². The van der Waals surface area contributed by atoms with Crippen molar-refractivity contribution in [2.24, 2.45) is 5.84 Å². The Labute approximate surface area is 105 Å². The Balaban J connectivity index is 2.66. The standard InChI is InChI=1S/C11H19N3O2S/c1-8(2)14(5-6-15)7-9-3-4-10(17-9)11(16)13-12/h3-4,8,15H,5-7,12H2,1-2H3,(H,13,16). The van der Waals surface area contributed by atoms with Gasteiger partial charge in [0, 0.05) is 24.0 Å². The van der Waals surface area contributed by atoms with Crippen molar-refractivity contribution in [1.29, 1.82) is 0 Å². The van der Waals surface area contributed by atoms with Gasteiger partial charge >= 0.3 is 0 Å². The predicted octanol–water partition coefficient (Wildman–Crippen LogP) is 0.554. The molecule has 1 aromatic heterocycles. The zero-order valence-electron chi connectivity index (χ0n) is 10.1. The fourth-order valence-corrected chi connectivity index (χ4v) is 2.44. The monoisotopic (exact) mass is 257 g/mol. The molecular formula is C11H19N3O2S. The summed E-state index contributed by atoms with van der Waals surface area (Å²) in [6.45, 7) is 5.67. The van der Waals surface area contributed by atoms with Crippen molar-refractivity contribution in [3.8, 4) is 0 Å². The molecule has 6 heteroatoms. The number of nitrogens with zero attached hydrogens (tertiary/aromatic N) is 1. The van der Waals surface area contributed by atoms with E-state index in [-0.39, 0.29) is 12.5 Å². The van der Waals surface area contributed by atoms with Gasteiger partial charge in [0.15, 0.2) is 0 Å². The van der Waals surface area contributed by atoms with Gasteiger partial charge in [-0.05, 0) is 26.0 Å². The number of nitrogens with two attached hydrogens (primary N) is 1. The third-order valence-corrected chi connectivity index (χ3v) is 3.56. The summed E-state index contributed by atoms with van der Waals surface area (Å²) < 4.78 is 0. The highest BCUT2D eigenvalue weighted by molar-refractivity contribution is 7.14. The highest BCUT2D eigenvalue weighted by Crippen LogP contribution is 2.19. The van der Waals surface area contributed by atoms with Gasteiger partial charge in [0.25, 0.3) is 5.91 Å². The van der Waals surface area contributed by atoms with Crippen molar-refractivity contribution in [2.75, 3.05) is 13.2 Å². The van der Waals surface area contributed by atoms with Crippen LogP contribution < -0.4 is 11.3 Å². The minimum atomic E-state index is -0.264. The average Bonchev–Trinajstić information content (AvgIpc) is 2.76. The summed E-state index contributed by atoms with van der Waals surface area (Å²) in [5.74, 6) is 4.81. The van der Waals surface area contributed by atoms with Gasteiger partial charge in [-0.3, -0.25) is 15.1 Å². The number of thiophene rings is 1. The van der Waals surface area contributed by atoms with E-state index < -0.39 is 0 Å². The minimum absolute atomic E-state index is 0.139. The minimum Gasteiger partial charge on any atom is -0.395 e. The van der Waals surface area contributed by atoms with Gasteiger partial charge in [-0.15, -0.1) is 11.3 Å². The Kier molecular flexibility index (Phi) is 5.57. The number of aliphatic hydroxyl groups excluding tert-OH is 1. The lowest BCUT2D eigenvalue weighted by atomic mass is 10.3. The number of hydrazine groups is 1. The second-order valence-corrected chi connectivity index (χ2v) is 5.20. The number of hydrogen-bond donors (Lipinski definition) is 3. The van der Waals surface area contributed by atoms with E-state index >= 15 is 0 Å². The van der Waals surface area contributed by atoms with Crippen LogP contribution in [0.2, 0.25) is 0 Å². The van der Waals surface area contributed by atoms with Gasteiger partial charge in [0.2, 0.25) is 0 Å². The molecule has 0 saturated heterocycles. The molecule has 0 fully saturated rings. The van der Waals surface area contributed by atoms with Crippen LogP contribution in [0.15, 0.2) is 12.1 Å². The van der Waals surface area contributed by atoms with E-state index in [1.165, 1.54) is 11.3 Å². The third kappa shape index (κ3) is 4.08. The molecule has 96 valence electrons. The number of nitrogen functional groups attached to an aromatic ring is 1. The Morgan fingerprint density at radius 1 is 1.59 bits per heavy atom. The van der Waals surface area contributed by atoms with Gasteiger partial charge in [-0.25, -0.2) is 5.84 Å². The van der Waals surface area contributed by atoms with Gasteiger partial charge < -0.3 is 5.11 Å². The lowest BCUT2D eigenvalue weighted by Crippen LogP contribution is -2.32. The quantitative estimate of drug-likeness (QED) is 0.395.